The molecule has 1 aromatic carbocycles. The number of piperidine rings is 1. The number of hydrogen-bond acceptors (Lipinski definition) is 6. The minimum absolute atomic E-state index is 0.0155. The Morgan fingerprint density at radius 1 is 1.23 bits per heavy atom. The van der Waals surface area contributed by atoms with E-state index < -0.39 is 0 Å². The molecule has 3 heterocycles. The van der Waals surface area contributed by atoms with Crippen molar-refractivity contribution in [2.45, 2.75) is 45.6 Å². The van der Waals surface area contributed by atoms with E-state index in [1.807, 2.05) is 26.0 Å². The molecule has 6 nitrogen and oxygen atoms in total. The highest BCUT2D eigenvalue weighted by molar-refractivity contribution is 7.21. The van der Waals surface area contributed by atoms with E-state index in [0.717, 1.165) is 58.3 Å². The summed E-state index contributed by atoms with van der Waals surface area (Å²) in [6.45, 7) is 6.00. The fourth-order valence-corrected chi connectivity index (χ4v) is 5.53. The number of nitrogens with one attached hydrogen (secondary N) is 1. The second-order valence-electron chi connectivity index (χ2n) is 8.15. The number of fused-ring (bicyclic) bond motifs is 1. The summed E-state index contributed by atoms with van der Waals surface area (Å²) in [6.07, 6.45) is 4.21. The quantitative estimate of drug-likeness (QED) is 0.558. The first-order valence-corrected chi connectivity index (χ1v) is 11.7. The van der Waals surface area contributed by atoms with E-state index in [0.29, 0.717) is 13.2 Å². The van der Waals surface area contributed by atoms with Crippen LogP contribution in [-0.2, 0) is 11.2 Å². The van der Waals surface area contributed by atoms with E-state index in [1.54, 1.807) is 18.4 Å². The normalized spacial score (nSPS) is 16.6. The van der Waals surface area contributed by atoms with Crippen LogP contribution < -0.4 is 10.2 Å². The number of amides is 1. The number of methoxy groups -OCH3 is 1. The monoisotopic (exact) mass is 438 g/mol. The van der Waals surface area contributed by atoms with Crippen LogP contribution >= 0.6 is 11.3 Å². The van der Waals surface area contributed by atoms with E-state index in [-0.39, 0.29) is 11.9 Å². The van der Waals surface area contributed by atoms with Crippen molar-refractivity contribution >= 4 is 33.3 Å². The Bertz CT molecular complexity index is 1040. The first-order chi connectivity index (χ1) is 15.1. The van der Waals surface area contributed by atoms with Gasteiger partial charge in [0.25, 0.3) is 5.91 Å². The lowest BCUT2D eigenvalue weighted by atomic mass is 9.94. The standard InChI is InChI=1S/C24H30N4O2S/c1-16-14-17(2)27-24(26-16)28-12-7-6-8-18(28)15-20-19-9-4-5-10-21(19)31-22(20)23(29)25-11-13-30-3/h4-5,9-10,14,18H,6-8,11-13,15H2,1-3H3,(H,25,29)/t18-/m0/s1. The number of anilines is 1. The molecule has 0 aliphatic carbocycles. The molecule has 0 unspecified atom stereocenters. The first kappa shape index (κ1) is 21.7. The van der Waals surface area contributed by atoms with Crippen LogP contribution in [0, 0.1) is 13.8 Å². The van der Waals surface area contributed by atoms with Gasteiger partial charge < -0.3 is 15.0 Å². The van der Waals surface area contributed by atoms with Crippen LogP contribution in [0.4, 0.5) is 5.95 Å². The number of rotatable bonds is 7. The molecule has 1 fully saturated rings. The van der Waals surface area contributed by atoms with E-state index in [1.165, 1.54) is 11.8 Å². The molecule has 7 heteroatoms. The lowest BCUT2D eigenvalue weighted by Crippen LogP contribution is -2.42. The number of carbonyl (C=O) groups excluding carboxylic acids is 1. The molecule has 0 saturated carbocycles. The second-order valence-corrected chi connectivity index (χ2v) is 9.20. The highest BCUT2D eigenvalue weighted by Gasteiger charge is 2.28. The molecule has 0 spiro atoms. The first-order valence-electron chi connectivity index (χ1n) is 10.9. The summed E-state index contributed by atoms with van der Waals surface area (Å²) in [4.78, 5) is 25.6. The van der Waals surface area contributed by atoms with Crippen molar-refractivity contribution in [1.82, 2.24) is 15.3 Å². The molecule has 1 atom stereocenters. The van der Waals surface area contributed by atoms with Crippen molar-refractivity contribution < 1.29 is 9.53 Å². The number of benzene rings is 1. The van der Waals surface area contributed by atoms with Crippen LogP contribution in [0.2, 0.25) is 0 Å². The molecular weight excluding hydrogens is 408 g/mol. The maximum atomic E-state index is 13.0. The Kier molecular flexibility index (Phi) is 6.83. The summed E-state index contributed by atoms with van der Waals surface area (Å²) in [7, 11) is 1.64. The van der Waals surface area contributed by atoms with Gasteiger partial charge in [-0.25, -0.2) is 9.97 Å². The molecule has 164 valence electrons. The summed E-state index contributed by atoms with van der Waals surface area (Å²) in [5, 5.41) is 4.18. The maximum absolute atomic E-state index is 13.0. The van der Waals surface area contributed by atoms with Gasteiger partial charge in [0.1, 0.15) is 0 Å². The second kappa shape index (κ2) is 9.75. The minimum Gasteiger partial charge on any atom is -0.383 e. The van der Waals surface area contributed by atoms with Gasteiger partial charge in [0, 0.05) is 42.3 Å². The van der Waals surface area contributed by atoms with Crippen molar-refractivity contribution in [1.29, 1.82) is 0 Å². The van der Waals surface area contributed by atoms with Crippen LogP contribution in [0.15, 0.2) is 30.3 Å². The van der Waals surface area contributed by atoms with E-state index in [4.69, 9.17) is 14.7 Å². The molecule has 2 aromatic heterocycles. The predicted octanol–water partition coefficient (Wildman–Crippen LogP) is 4.29. The van der Waals surface area contributed by atoms with Gasteiger partial charge in [-0.05, 0) is 62.6 Å². The summed E-state index contributed by atoms with van der Waals surface area (Å²) in [5.41, 5.74) is 3.12. The van der Waals surface area contributed by atoms with Crippen molar-refractivity contribution in [2.24, 2.45) is 0 Å². The minimum atomic E-state index is -0.0155. The van der Waals surface area contributed by atoms with Crippen molar-refractivity contribution in [2.75, 3.05) is 31.7 Å². The van der Waals surface area contributed by atoms with Crippen LogP contribution in [0.5, 0.6) is 0 Å². The zero-order valence-electron chi connectivity index (χ0n) is 18.5. The molecule has 3 aromatic rings. The zero-order chi connectivity index (χ0) is 21.8. The van der Waals surface area contributed by atoms with Gasteiger partial charge in [-0.15, -0.1) is 11.3 Å². The number of carbonyl (C=O) groups is 1. The largest absolute Gasteiger partial charge is 0.383 e. The smallest absolute Gasteiger partial charge is 0.261 e. The Balaban J connectivity index is 1.67. The van der Waals surface area contributed by atoms with Crippen LogP contribution in [-0.4, -0.2) is 48.7 Å². The number of aromatic nitrogens is 2. The number of aryl methyl sites for hydroxylation is 2. The van der Waals surface area contributed by atoms with Gasteiger partial charge in [0.05, 0.1) is 11.5 Å². The molecule has 31 heavy (non-hydrogen) atoms. The predicted molar refractivity (Wildman–Crippen MR) is 126 cm³/mol. The van der Waals surface area contributed by atoms with Gasteiger partial charge in [0.15, 0.2) is 0 Å². The lowest BCUT2D eigenvalue weighted by molar-refractivity contribution is 0.0940. The molecular formula is C24H30N4O2S. The lowest BCUT2D eigenvalue weighted by Gasteiger charge is -2.36. The fourth-order valence-electron chi connectivity index (χ4n) is 4.38. The molecule has 1 amide bonds. The average Bonchev–Trinajstić information content (AvgIpc) is 3.12. The number of nitrogens with zero attached hydrogens (tertiary/aromatic N) is 3. The van der Waals surface area contributed by atoms with Crippen molar-refractivity contribution in [3.8, 4) is 0 Å². The van der Waals surface area contributed by atoms with Crippen LogP contribution in [0.1, 0.15) is 45.9 Å². The number of ether oxygens (including phenoxy) is 1. The van der Waals surface area contributed by atoms with Gasteiger partial charge >= 0.3 is 0 Å². The summed E-state index contributed by atoms with van der Waals surface area (Å²) < 4.78 is 6.24. The third-order valence-corrected chi connectivity index (χ3v) is 7.00. The Labute approximate surface area is 187 Å². The maximum Gasteiger partial charge on any atom is 0.261 e. The molecule has 1 saturated heterocycles. The molecule has 4 rings (SSSR count). The van der Waals surface area contributed by atoms with Crippen LogP contribution in [0.3, 0.4) is 0 Å². The third kappa shape index (κ3) is 4.88. The van der Waals surface area contributed by atoms with Crippen molar-refractivity contribution in [3.63, 3.8) is 0 Å². The number of thiophene rings is 1. The molecule has 1 aliphatic heterocycles. The van der Waals surface area contributed by atoms with Crippen LogP contribution in [0.25, 0.3) is 10.1 Å². The molecule has 1 N–H and O–H groups in total. The highest BCUT2D eigenvalue weighted by atomic mass is 32.1. The van der Waals surface area contributed by atoms with E-state index in [2.05, 4.69) is 28.4 Å². The summed E-state index contributed by atoms with van der Waals surface area (Å²) >= 11 is 1.58. The van der Waals surface area contributed by atoms with E-state index >= 15 is 0 Å². The average molecular weight is 439 g/mol. The van der Waals surface area contributed by atoms with Gasteiger partial charge in [0.2, 0.25) is 5.95 Å². The molecule has 1 aliphatic rings. The SMILES string of the molecule is COCCNC(=O)c1sc2ccccc2c1C[C@@H]1CCCCN1c1nc(C)cc(C)n1. The molecule has 0 bridgehead atoms. The Hall–Kier alpha value is -2.51. The fraction of sp³-hybridized carbons (Fsp3) is 0.458. The summed E-state index contributed by atoms with van der Waals surface area (Å²) in [5.74, 6) is 0.797. The molecule has 0 radical (unpaired) electrons. The summed E-state index contributed by atoms with van der Waals surface area (Å²) in [6, 6.07) is 10.6. The zero-order valence-corrected chi connectivity index (χ0v) is 19.3. The van der Waals surface area contributed by atoms with E-state index in [9.17, 15) is 4.79 Å². The van der Waals surface area contributed by atoms with Gasteiger partial charge in [-0.3, -0.25) is 4.79 Å². The highest BCUT2D eigenvalue weighted by Crippen LogP contribution is 2.35. The number of hydrogen-bond donors (Lipinski definition) is 1. The Morgan fingerprint density at radius 3 is 2.77 bits per heavy atom. The Morgan fingerprint density at radius 2 is 2.00 bits per heavy atom. The van der Waals surface area contributed by atoms with Gasteiger partial charge in [-0.2, -0.15) is 0 Å². The van der Waals surface area contributed by atoms with Gasteiger partial charge in [-0.1, -0.05) is 18.2 Å². The van der Waals surface area contributed by atoms with Crippen molar-refractivity contribution in [3.05, 3.63) is 52.2 Å². The third-order valence-electron chi connectivity index (χ3n) is 5.79. The topological polar surface area (TPSA) is 67.3 Å².